The van der Waals surface area contributed by atoms with Crippen LogP contribution < -0.4 is 10.6 Å². The van der Waals surface area contributed by atoms with Crippen molar-refractivity contribution in [2.75, 3.05) is 17.7 Å². The maximum atomic E-state index is 11.7. The Morgan fingerprint density at radius 2 is 1.81 bits per heavy atom. The first-order valence-corrected chi connectivity index (χ1v) is 8.68. The number of anilines is 3. The van der Waals surface area contributed by atoms with E-state index in [9.17, 15) is 4.79 Å². The number of carbonyl (C=O) groups excluding carboxylic acids is 1. The van der Waals surface area contributed by atoms with E-state index >= 15 is 0 Å². The fraction of sp³-hybridized carbons (Fsp3) is 0.190. The first kappa shape index (κ1) is 18.4. The molecule has 2 N–H and O–H groups in total. The quantitative estimate of drug-likeness (QED) is 0.629. The van der Waals surface area contributed by atoms with Crippen LogP contribution in [-0.4, -0.2) is 23.0 Å². The highest BCUT2D eigenvalue weighted by molar-refractivity contribution is 5.90. The predicted octanol–water partition coefficient (Wildman–Crippen LogP) is 4.49. The van der Waals surface area contributed by atoms with Crippen molar-refractivity contribution in [1.82, 2.24) is 9.97 Å². The number of aryl methyl sites for hydroxylation is 1. The molecule has 138 valence electrons. The second kappa shape index (κ2) is 8.31. The zero-order valence-corrected chi connectivity index (χ0v) is 15.6. The maximum absolute atomic E-state index is 11.7. The largest absolute Gasteiger partial charge is 0.465 e. The number of carbonyl (C=O) groups is 1. The molecule has 1 unspecified atom stereocenters. The van der Waals surface area contributed by atoms with Gasteiger partial charge in [-0.05, 0) is 37.6 Å². The van der Waals surface area contributed by atoms with Crippen LogP contribution in [0.1, 0.15) is 34.6 Å². The molecule has 1 heterocycles. The molecule has 0 radical (unpaired) electrons. The van der Waals surface area contributed by atoms with Gasteiger partial charge in [0, 0.05) is 17.4 Å². The van der Waals surface area contributed by atoms with Crippen molar-refractivity contribution >= 4 is 23.4 Å². The van der Waals surface area contributed by atoms with Crippen LogP contribution in [0.25, 0.3) is 0 Å². The van der Waals surface area contributed by atoms with Gasteiger partial charge in [-0.3, -0.25) is 0 Å². The standard InChI is InChI=1S/C21H22N4O2/c1-14-12-19(24-18-11-7-10-17(13-18)20(26)27-3)25-21(22-14)23-15(2)16-8-5-4-6-9-16/h4-13,15H,1-3H3,(H2,22,23,24,25). The van der Waals surface area contributed by atoms with Crippen LogP contribution >= 0.6 is 0 Å². The molecule has 3 rings (SSSR count). The van der Waals surface area contributed by atoms with E-state index in [2.05, 4.69) is 39.7 Å². The van der Waals surface area contributed by atoms with E-state index in [-0.39, 0.29) is 12.0 Å². The van der Waals surface area contributed by atoms with Gasteiger partial charge in [0.05, 0.1) is 18.7 Å². The van der Waals surface area contributed by atoms with Gasteiger partial charge in [0.15, 0.2) is 0 Å². The number of rotatable bonds is 6. The van der Waals surface area contributed by atoms with E-state index in [1.165, 1.54) is 7.11 Å². The van der Waals surface area contributed by atoms with Crippen molar-refractivity contribution in [2.45, 2.75) is 19.9 Å². The van der Waals surface area contributed by atoms with Crippen molar-refractivity contribution in [2.24, 2.45) is 0 Å². The molecule has 0 amide bonds. The van der Waals surface area contributed by atoms with Crippen LogP contribution in [0.5, 0.6) is 0 Å². The van der Waals surface area contributed by atoms with Gasteiger partial charge in [-0.2, -0.15) is 4.98 Å². The second-order valence-electron chi connectivity index (χ2n) is 6.19. The Bertz CT molecular complexity index is 928. The lowest BCUT2D eigenvalue weighted by molar-refractivity contribution is 0.0601. The van der Waals surface area contributed by atoms with Gasteiger partial charge in [-0.1, -0.05) is 36.4 Å². The van der Waals surface area contributed by atoms with Crippen LogP contribution in [0, 0.1) is 6.92 Å². The third-order valence-corrected chi connectivity index (χ3v) is 4.06. The summed E-state index contributed by atoms with van der Waals surface area (Å²) in [6, 6.07) is 19.1. The van der Waals surface area contributed by atoms with Gasteiger partial charge in [0.25, 0.3) is 0 Å². The second-order valence-corrected chi connectivity index (χ2v) is 6.19. The normalized spacial score (nSPS) is 11.5. The van der Waals surface area contributed by atoms with Crippen molar-refractivity contribution in [3.05, 3.63) is 77.5 Å². The molecule has 0 aliphatic carbocycles. The SMILES string of the molecule is COC(=O)c1cccc(Nc2cc(C)nc(NC(C)c3ccccc3)n2)c1. The Labute approximate surface area is 158 Å². The summed E-state index contributed by atoms with van der Waals surface area (Å²) in [7, 11) is 1.36. The van der Waals surface area contributed by atoms with E-state index in [4.69, 9.17) is 4.74 Å². The van der Waals surface area contributed by atoms with Crippen LogP contribution in [0.4, 0.5) is 17.5 Å². The molecule has 0 aliphatic heterocycles. The smallest absolute Gasteiger partial charge is 0.337 e. The zero-order chi connectivity index (χ0) is 19.2. The molecule has 1 atom stereocenters. The summed E-state index contributed by atoms with van der Waals surface area (Å²) in [6.45, 7) is 3.98. The Hall–Kier alpha value is -3.41. The third-order valence-electron chi connectivity index (χ3n) is 4.06. The molecule has 1 aromatic heterocycles. The monoisotopic (exact) mass is 362 g/mol. The summed E-state index contributed by atoms with van der Waals surface area (Å²) in [5.74, 6) is 0.807. The number of ether oxygens (including phenoxy) is 1. The molecule has 0 aliphatic rings. The zero-order valence-electron chi connectivity index (χ0n) is 15.6. The van der Waals surface area contributed by atoms with Crippen molar-refractivity contribution in [3.8, 4) is 0 Å². The molecule has 0 saturated carbocycles. The van der Waals surface area contributed by atoms with Gasteiger partial charge in [-0.15, -0.1) is 0 Å². The topological polar surface area (TPSA) is 76.1 Å². The fourth-order valence-electron chi connectivity index (χ4n) is 2.71. The molecule has 0 saturated heterocycles. The molecule has 6 heteroatoms. The Kier molecular flexibility index (Phi) is 5.66. The minimum absolute atomic E-state index is 0.0727. The Morgan fingerprint density at radius 3 is 2.56 bits per heavy atom. The minimum atomic E-state index is -0.378. The molecule has 0 bridgehead atoms. The number of nitrogens with one attached hydrogen (secondary N) is 2. The van der Waals surface area contributed by atoms with Crippen LogP contribution in [0.2, 0.25) is 0 Å². The lowest BCUT2D eigenvalue weighted by atomic mass is 10.1. The predicted molar refractivity (Wildman–Crippen MR) is 106 cm³/mol. The highest BCUT2D eigenvalue weighted by Crippen LogP contribution is 2.21. The molecule has 27 heavy (non-hydrogen) atoms. The molecule has 6 nitrogen and oxygen atoms in total. The molecule has 0 spiro atoms. The van der Waals surface area contributed by atoms with Crippen molar-refractivity contribution < 1.29 is 9.53 Å². The number of hydrogen-bond acceptors (Lipinski definition) is 6. The summed E-state index contributed by atoms with van der Waals surface area (Å²) in [4.78, 5) is 20.7. The van der Waals surface area contributed by atoms with Gasteiger partial charge in [0.1, 0.15) is 5.82 Å². The van der Waals surface area contributed by atoms with Gasteiger partial charge in [-0.25, -0.2) is 9.78 Å². The highest BCUT2D eigenvalue weighted by atomic mass is 16.5. The molecular weight excluding hydrogens is 340 g/mol. The number of aromatic nitrogens is 2. The summed E-state index contributed by atoms with van der Waals surface area (Å²) in [5.41, 5.74) is 3.21. The van der Waals surface area contributed by atoms with Crippen molar-refractivity contribution in [1.29, 1.82) is 0 Å². The van der Waals surface area contributed by atoms with Gasteiger partial charge < -0.3 is 15.4 Å². The molecule has 3 aromatic rings. The third kappa shape index (κ3) is 4.82. The number of methoxy groups -OCH3 is 1. The first-order chi connectivity index (χ1) is 13.0. The summed E-state index contributed by atoms with van der Waals surface area (Å²) >= 11 is 0. The van der Waals surface area contributed by atoms with E-state index in [1.807, 2.05) is 37.3 Å². The van der Waals surface area contributed by atoms with E-state index in [0.29, 0.717) is 17.3 Å². The fourth-order valence-corrected chi connectivity index (χ4v) is 2.71. The number of nitrogens with zero attached hydrogens (tertiary/aromatic N) is 2. The van der Waals surface area contributed by atoms with Gasteiger partial charge in [0.2, 0.25) is 5.95 Å². The lowest BCUT2D eigenvalue weighted by Crippen LogP contribution is -2.11. The summed E-state index contributed by atoms with van der Waals surface area (Å²) in [6.07, 6.45) is 0. The molecular formula is C21H22N4O2. The maximum Gasteiger partial charge on any atom is 0.337 e. The number of hydrogen-bond donors (Lipinski definition) is 2. The molecule has 0 fully saturated rings. The summed E-state index contributed by atoms with van der Waals surface area (Å²) in [5, 5.41) is 6.55. The minimum Gasteiger partial charge on any atom is -0.465 e. The Morgan fingerprint density at radius 1 is 1.04 bits per heavy atom. The van der Waals surface area contributed by atoms with Crippen molar-refractivity contribution in [3.63, 3.8) is 0 Å². The van der Waals surface area contributed by atoms with Crippen LogP contribution in [0.3, 0.4) is 0 Å². The van der Waals surface area contributed by atoms with E-state index in [1.54, 1.807) is 18.2 Å². The number of benzene rings is 2. The Balaban J connectivity index is 1.78. The molecule has 2 aromatic carbocycles. The first-order valence-electron chi connectivity index (χ1n) is 8.68. The average molecular weight is 362 g/mol. The highest BCUT2D eigenvalue weighted by Gasteiger charge is 2.10. The van der Waals surface area contributed by atoms with Crippen LogP contribution in [-0.2, 0) is 4.74 Å². The van der Waals surface area contributed by atoms with Crippen LogP contribution in [0.15, 0.2) is 60.7 Å². The summed E-state index contributed by atoms with van der Waals surface area (Å²) < 4.78 is 4.76. The van der Waals surface area contributed by atoms with E-state index < -0.39 is 0 Å². The number of esters is 1. The average Bonchev–Trinajstić information content (AvgIpc) is 2.67. The lowest BCUT2D eigenvalue weighted by Gasteiger charge is -2.15. The van der Waals surface area contributed by atoms with Gasteiger partial charge >= 0.3 is 5.97 Å². The van der Waals surface area contributed by atoms with E-state index in [0.717, 1.165) is 16.9 Å².